The molecule has 0 saturated carbocycles. The van der Waals surface area contributed by atoms with Crippen molar-refractivity contribution in [2.24, 2.45) is 0 Å². The topological polar surface area (TPSA) is 98.7 Å². The zero-order chi connectivity index (χ0) is 26.7. The Morgan fingerprint density at radius 1 is 0.973 bits per heavy atom. The van der Waals surface area contributed by atoms with Gasteiger partial charge < -0.3 is 20.6 Å². The van der Waals surface area contributed by atoms with Crippen molar-refractivity contribution in [2.75, 3.05) is 10.6 Å². The average Bonchev–Trinajstić information content (AvgIpc) is 3.18. The summed E-state index contributed by atoms with van der Waals surface area (Å²) >= 11 is 0. The average molecular weight is 512 g/mol. The molecule has 1 unspecified atom stereocenters. The fourth-order valence-corrected chi connectivity index (χ4v) is 4.16. The molecule has 0 spiro atoms. The van der Waals surface area contributed by atoms with E-state index in [-0.39, 0.29) is 24.1 Å². The number of hydrogen-bond acceptors (Lipinski definition) is 3. The number of alkyl halides is 3. The molecule has 1 aliphatic rings. The maximum Gasteiger partial charge on any atom is 0.416 e. The number of hydrogen-bond donors (Lipinski definition) is 3. The highest BCUT2D eigenvalue weighted by Crippen LogP contribution is 2.32. The minimum Gasteiger partial charge on any atom is -0.481 e. The minimum absolute atomic E-state index is 0.00904. The largest absolute Gasteiger partial charge is 0.481 e. The van der Waals surface area contributed by atoms with Crippen molar-refractivity contribution in [3.8, 4) is 11.1 Å². The molecule has 192 valence electrons. The molecule has 0 fully saturated rings. The second kappa shape index (κ2) is 10.3. The number of urea groups is 1. The second-order valence-electron chi connectivity index (χ2n) is 8.82. The normalized spacial score (nSPS) is 13.7. The van der Waals surface area contributed by atoms with Crippen LogP contribution >= 0.6 is 0 Å². The summed E-state index contributed by atoms with van der Waals surface area (Å²) in [6.45, 7) is 2.27. The summed E-state index contributed by atoms with van der Waals surface area (Å²) in [5.74, 6) is -1.04. The Bertz CT molecular complexity index is 1340. The number of rotatable bonds is 7. The Balaban J connectivity index is 1.40. The molecule has 3 aromatic carbocycles. The van der Waals surface area contributed by atoms with Gasteiger partial charge in [-0.15, -0.1) is 0 Å². The van der Waals surface area contributed by atoms with Gasteiger partial charge >= 0.3 is 18.2 Å². The van der Waals surface area contributed by atoms with Gasteiger partial charge in [0.05, 0.1) is 5.56 Å². The Morgan fingerprint density at radius 2 is 1.65 bits per heavy atom. The van der Waals surface area contributed by atoms with E-state index in [9.17, 15) is 27.6 Å². The van der Waals surface area contributed by atoms with Crippen molar-refractivity contribution >= 4 is 29.3 Å². The number of halogens is 3. The van der Waals surface area contributed by atoms with E-state index >= 15 is 0 Å². The predicted molar refractivity (Wildman–Crippen MR) is 132 cm³/mol. The van der Waals surface area contributed by atoms with Crippen molar-refractivity contribution in [2.45, 2.75) is 38.5 Å². The van der Waals surface area contributed by atoms with Crippen LogP contribution in [0.5, 0.6) is 0 Å². The van der Waals surface area contributed by atoms with Gasteiger partial charge in [-0.05, 0) is 66.4 Å². The molecule has 0 saturated heterocycles. The van der Waals surface area contributed by atoms with Crippen molar-refractivity contribution in [3.63, 3.8) is 0 Å². The quantitative estimate of drug-likeness (QED) is 0.350. The maximum absolute atomic E-state index is 12.9. The van der Waals surface area contributed by atoms with E-state index in [2.05, 4.69) is 10.6 Å². The molecule has 10 heteroatoms. The Hall–Kier alpha value is -4.34. The van der Waals surface area contributed by atoms with Crippen LogP contribution in [0.2, 0.25) is 0 Å². The first kappa shape index (κ1) is 25.7. The van der Waals surface area contributed by atoms with Gasteiger partial charge in [0.1, 0.15) is 0 Å². The molecule has 1 heterocycles. The molecule has 3 N–H and O–H groups in total. The summed E-state index contributed by atoms with van der Waals surface area (Å²) in [6.07, 6.45) is -4.15. The van der Waals surface area contributed by atoms with Gasteiger partial charge in [-0.3, -0.25) is 9.59 Å². The van der Waals surface area contributed by atoms with E-state index in [4.69, 9.17) is 5.11 Å². The van der Waals surface area contributed by atoms with E-state index in [0.29, 0.717) is 24.2 Å². The number of carbonyl (C=O) groups excluding carboxylic acids is 2. The van der Waals surface area contributed by atoms with E-state index < -0.39 is 23.7 Å². The Kier molecular flexibility index (Phi) is 7.19. The van der Waals surface area contributed by atoms with Crippen molar-refractivity contribution in [1.82, 2.24) is 4.90 Å². The molecular formula is C27H24F3N3O4. The molecule has 3 aromatic rings. The molecule has 37 heavy (non-hydrogen) atoms. The second-order valence-corrected chi connectivity index (χ2v) is 8.82. The lowest BCUT2D eigenvalue weighted by atomic mass is 10.0. The predicted octanol–water partition coefficient (Wildman–Crippen LogP) is 6.23. The molecular weight excluding hydrogens is 487 g/mol. The zero-order valence-electron chi connectivity index (χ0n) is 19.8. The van der Waals surface area contributed by atoms with Crippen molar-refractivity contribution < 1.29 is 32.7 Å². The molecule has 1 atom stereocenters. The number of carbonyl (C=O) groups is 3. The highest BCUT2D eigenvalue weighted by molar-refractivity contribution is 6.01. The van der Waals surface area contributed by atoms with E-state index in [1.165, 1.54) is 12.1 Å². The van der Waals surface area contributed by atoms with E-state index in [1.54, 1.807) is 35.2 Å². The molecule has 0 radical (unpaired) electrons. The van der Waals surface area contributed by atoms with Crippen LogP contribution in [0.3, 0.4) is 0 Å². The summed E-state index contributed by atoms with van der Waals surface area (Å²) in [5, 5.41) is 13.9. The number of fused-ring (bicyclic) bond motifs is 1. The number of nitrogens with zero attached hydrogens (tertiary/aromatic N) is 1. The van der Waals surface area contributed by atoms with Gasteiger partial charge in [-0.25, -0.2) is 4.79 Å². The van der Waals surface area contributed by atoms with Gasteiger partial charge in [0.25, 0.3) is 5.91 Å². The zero-order valence-corrected chi connectivity index (χ0v) is 19.8. The fraction of sp³-hybridized carbons (Fsp3) is 0.222. The van der Waals surface area contributed by atoms with Crippen molar-refractivity contribution in [3.05, 3.63) is 83.4 Å². The summed E-state index contributed by atoms with van der Waals surface area (Å²) in [7, 11) is 0. The lowest BCUT2D eigenvalue weighted by Crippen LogP contribution is -2.33. The number of amides is 3. The molecule has 0 aliphatic carbocycles. The molecule has 1 aliphatic heterocycles. The number of nitrogens with one attached hydrogen (secondary N) is 2. The third kappa shape index (κ3) is 6.08. The number of carboxylic acids is 1. The smallest absolute Gasteiger partial charge is 0.416 e. The van der Waals surface area contributed by atoms with Crippen molar-refractivity contribution in [1.29, 1.82) is 0 Å². The standard InChI is InChI=1S/C27H24F3N3O4/c1-16(5-12-24(34)35)33-15-19-7-6-18(13-23(19)25(33)36)17-8-10-21(11-9-17)31-26(37)32-22-4-2-3-20(14-22)27(28,29)30/h2-4,6-11,13-14,16H,5,12,15H2,1H3,(H,34,35)(H2,31,32,37). The van der Waals surface area contributed by atoms with Gasteiger partial charge in [0.2, 0.25) is 0 Å². The lowest BCUT2D eigenvalue weighted by Gasteiger charge is -2.23. The van der Waals surface area contributed by atoms with Crippen LogP contribution in [0, 0.1) is 0 Å². The van der Waals surface area contributed by atoms with Gasteiger partial charge in [0.15, 0.2) is 0 Å². The van der Waals surface area contributed by atoms with Crippen LogP contribution in [0.1, 0.15) is 41.3 Å². The Morgan fingerprint density at radius 3 is 2.32 bits per heavy atom. The van der Waals surface area contributed by atoms with Crippen LogP contribution in [0.4, 0.5) is 29.3 Å². The summed E-state index contributed by atoms with van der Waals surface area (Å²) in [6, 6.07) is 15.8. The van der Waals surface area contributed by atoms with Crippen LogP contribution in [0.25, 0.3) is 11.1 Å². The summed E-state index contributed by atoms with van der Waals surface area (Å²) in [5.41, 5.74) is 2.63. The van der Waals surface area contributed by atoms with Gasteiger partial charge in [-0.1, -0.05) is 30.3 Å². The van der Waals surface area contributed by atoms with E-state index in [1.807, 2.05) is 19.1 Å². The first-order valence-electron chi connectivity index (χ1n) is 11.5. The molecule has 4 rings (SSSR count). The summed E-state index contributed by atoms with van der Waals surface area (Å²) < 4.78 is 38.6. The number of benzene rings is 3. The third-order valence-corrected chi connectivity index (χ3v) is 6.17. The number of carboxylic acid groups (broad SMARTS) is 1. The van der Waals surface area contributed by atoms with Crippen LogP contribution < -0.4 is 10.6 Å². The molecule has 0 bridgehead atoms. The van der Waals surface area contributed by atoms with Crippen LogP contribution in [-0.4, -0.2) is 34.0 Å². The highest BCUT2D eigenvalue weighted by Gasteiger charge is 2.31. The van der Waals surface area contributed by atoms with Gasteiger partial charge in [-0.2, -0.15) is 13.2 Å². The van der Waals surface area contributed by atoms with Crippen LogP contribution in [0.15, 0.2) is 66.7 Å². The monoisotopic (exact) mass is 511 g/mol. The van der Waals surface area contributed by atoms with Crippen LogP contribution in [-0.2, 0) is 17.5 Å². The maximum atomic E-state index is 12.9. The summed E-state index contributed by atoms with van der Waals surface area (Å²) in [4.78, 5) is 37.7. The van der Waals surface area contributed by atoms with Gasteiger partial charge in [0, 0.05) is 35.9 Å². The minimum atomic E-state index is -4.51. The first-order valence-corrected chi connectivity index (χ1v) is 11.5. The molecule has 7 nitrogen and oxygen atoms in total. The molecule has 3 amide bonds. The SMILES string of the molecule is CC(CCC(=O)O)N1Cc2ccc(-c3ccc(NC(=O)Nc4cccc(C(F)(F)F)c4)cc3)cc2C1=O. The Labute approximate surface area is 210 Å². The molecule has 0 aromatic heterocycles. The lowest BCUT2D eigenvalue weighted by molar-refractivity contribution is -0.138. The number of aliphatic carboxylic acids is 1. The third-order valence-electron chi connectivity index (χ3n) is 6.17. The highest BCUT2D eigenvalue weighted by atomic mass is 19.4. The van der Waals surface area contributed by atoms with E-state index in [0.717, 1.165) is 28.8 Å². The fourth-order valence-electron chi connectivity index (χ4n) is 4.16. The number of anilines is 2. The first-order chi connectivity index (χ1) is 17.5.